The molecule has 3 amide bonds. The number of amides is 3. The van der Waals surface area contributed by atoms with E-state index in [1.807, 2.05) is 30.5 Å². The molecule has 1 aromatic heterocycles. The van der Waals surface area contributed by atoms with Gasteiger partial charge in [0.25, 0.3) is 0 Å². The average Bonchev–Trinajstić information content (AvgIpc) is 3.41. The lowest BCUT2D eigenvalue weighted by Crippen LogP contribution is -2.46. The second-order valence-corrected chi connectivity index (χ2v) is 9.46. The van der Waals surface area contributed by atoms with Gasteiger partial charge in [0.15, 0.2) is 0 Å². The maximum atomic E-state index is 13.7. The zero-order valence-electron chi connectivity index (χ0n) is 23.5. The molecule has 2 N–H and O–H groups in total. The van der Waals surface area contributed by atoms with Gasteiger partial charge in [-0.2, -0.15) is 0 Å². The van der Waals surface area contributed by atoms with Crippen molar-refractivity contribution in [1.82, 2.24) is 14.8 Å². The molecular formula is C31H35FN4O5. The number of urea groups is 1. The van der Waals surface area contributed by atoms with Crippen LogP contribution in [0.25, 0.3) is 10.9 Å². The van der Waals surface area contributed by atoms with Gasteiger partial charge in [0.1, 0.15) is 23.9 Å². The molecule has 4 rings (SSSR count). The van der Waals surface area contributed by atoms with Gasteiger partial charge in [-0.1, -0.05) is 30.3 Å². The highest BCUT2D eigenvalue weighted by Gasteiger charge is 2.23. The van der Waals surface area contributed by atoms with E-state index in [0.717, 1.165) is 22.0 Å². The number of para-hydroxylation sites is 1. The highest BCUT2D eigenvalue weighted by atomic mass is 19.1. The first-order valence-electron chi connectivity index (χ1n) is 13.3. The van der Waals surface area contributed by atoms with Crippen molar-refractivity contribution in [2.24, 2.45) is 0 Å². The van der Waals surface area contributed by atoms with Crippen LogP contribution in [-0.4, -0.2) is 74.3 Å². The van der Waals surface area contributed by atoms with E-state index in [1.54, 1.807) is 42.3 Å². The van der Waals surface area contributed by atoms with E-state index in [1.165, 1.54) is 31.3 Å². The van der Waals surface area contributed by atoms with E-state index < -0.39 is 6.03 Å². The smallest absolute Gasteiger partial charge is 0.322 e. The summed E-state index contributed by atoms with van der Waals surface area (Å²) in [5.74, 6) is 0.411. The Bertz CT molecular complexity index is 1460. The Morgan fingerprint density at radius 3 is 2.44 bits per heavy atom. The van der Waals surface area contributed by atoms with Crippen LogP contribution in [0.5, 0.6) is 11.5 Å². The Labute approximate surface area is 238 Å². The summed E-state index contributed by atoms with van der Waals surface area (Å²) in [5.41, 5.74) is 3.33. The Balaban J connectivity index is 1.52. The molecule has 0 atom stereocenters. The van der Waals surface area contributed by atoms with Gasteiger partial charge in [-0.25, -0.2) is 9.18 Å². The molecule has 9 nitrogen and oxygen atoms in total. The molecule has 0 aliphatic rings. The molecular weight excluding hydrogens is 527 g/mol. The number of rotatable bonds is 13. The van der Waals surface area contributed by atoms with Crippen molar-refractivity contribution >= 4 is 28.5 Å². The van der Waals surface area contributed by atoms with Crippen molar-refractivity contribution in [1.29, 1.82) is 0 Å². The number of hydrogen-bond donors (Lipinski definition) is 2. The Morgan fingerprint density at radius 1 is 0.927 bits per heavy atom. The fraction of sp³-hybridized carbons (Fsp3) is 0.290. The molecule has 0 aliphatic heterocycles. The number of benzene rings is 3. The second-order valence-electron chi connectivity index (χ2n) is 9.46. The topological polar surface area (TPSA) is 96.1 Å². The molecule has 0 bridgehead atoms. The number of carbonyl (C=O) groups excluding carboxylic acids is 2. The first-order chi connectivity index (χ1) is 19.9. The third-order valence-electron chi connectivity index (χ3n) is 6.79. The van der Waals surface area contributed by atoms with Gasteiger partial charge in [0.2, 0.25) is 5.91 Å². The molecule has 0 saturated carbocycles. The molecule has 1 heterocycles. The van der Waals surface area contributed by atoms with Gasteiger partial charge in [0, 0.05) is 49.9 Å². The third kappa shape index (κ3) is 7.76. The lowest BCUT2D eigenvalue weighted by atomic mass is 10.1. The third-order valence-corrected chi connectivity index (χ3v) is 6.79. The number of nitrogens with one attached hydrogen (secondary N) is 2. The van der Waals surface area contributed by atoms with Crippen LogP contribution in [-0.2, 0) is 22.5 Å². The van der Waals surface area contributed by atoms with Gasteiger partial charge in [-0.05, 0) is 47.9 Å². The van der Waals surface area contributed by atoms with Crippen LogP contribution >= 0.6 is 0 Å². The fourth-order valence-corrected chi connectivity index (χ4v) is 4.51. The predicted molar refractivity (Wildman–Crippen MR) is 156 cm³/mol. The predicted octanol–water partition coefficient (Wildman–Crippen LogP) is 5.08. The quantitative estimate of drug-likeness (QED) is 0.237. The molecule has 4 aromatic rings. The van der Waals surface area contributed by atoms with Crippen molar-refractivity contribution in [3.63, 3.8) is 0 Å². The van der Waals surface area contributed by atoms with Gasteiger partial charge in [-0.15, -0.1) is 0 Å². The number of nitrogens with zero attached hydrogens (tertiary/aromatic N) is 2. The molecule has 216 valence electrons. The molecule has 0 spiro atoms. The van der Waals surface area contributed by atoms with E-state index in [0.29, 0.717) is 30.2 Å². The van der Waals surface area contributed by atoms with Gasteiger partial charge in [0.05, 0.1) is 26.5 Å². The molecule has 10 heteroatoms. The maximum absolute atomic E-state index is 13.7. The monoisotopic (exact) mass is 562 g/mol. The molecule has 0 saturated heterocycles. The lowest BCUT2D eigenvalue weighted by Gasteiger charge is -2.28. The number of H-pyrrole nitrogens is 1. The normalized spacial score (nSPS) is 10.8. The van der Waals surface area contributed by atoms with Gasteiger partial charge >= 0.3 is 6.03 Å². The fourth-order valence-electron chi connectivity index (χ4n) is 4.51. The number of halogens is 1. The number of anilines is 1. The zero-order valence-corrected chi connectivity index (χ0v) is 23.5. The number of fused-ring (bicyclic) bond motifs is 1. The zero-order chi connectivity index (χ0) is 29.2. The molecule has 41 heavy (non-hydrogen) atoms. The van der Waals surface area contributed by atoms with Crippen molar-refractivity contribution in [3.05, 3.63) is 89.9 Å². The van der Waals surface area contributed by atoms with Gasteiger partial charge < -0.3 is 34.3 Å². The van der Waals surface area contributed by atoms with E-state index in [-0.39, 0.29) is 38.0 Å². The van der Waals surface area contributed by atoms with Crippen LogP contribution < -0.4 is 14.8 Å². The number of methoxy groups -OCH3 is 3. The minimum atomic E-state index is -0.475. The number of ether oxygens (including phenoxy) is 3. The minimum absolute atomic E-state index is 0.178. The average molecular weight is 563 g/mol. The summed E-state index contributed by atoms with van der Waals surface area (Å²) in [5, 5.41) is 3.92. The van der Waals surface area contributed by atoms with Crippen molar-refractivity contribution < 1.29 is 28.2 Å². The summed E-state index contributed by atoms with van der Waals surface area (Å²) in [7, 11) is 4.57. The molecule has 0 fully saturated rings. The number of hydrogen-bond acceptors (Lipinski definition) is 5. The van der Waals surface area contributed by atoms with Gasteiger partial charge in [-0.3, -0.25) is 4.79 Å². The second kappa shape index (κ2) is 14.2. The summed E-state index contributed by atoms with van der Waals surface area (Å²) < 4.78 is 29.4. The summed E-state index contributed by atoms with van der Waals surface area (Å²) >= 11 is 0. The van der Waals surface area contributed by atoms with Crippen molar-refractivity contribution in [3.8, 4) is 11.5 Å². The van der Waals surface area contributed by atoms with Crippen LogP contribution in [0.4, 0.5) is 14.9 Å². The van der Waals surface area contributed by atoms with E-state index in [9.17, 15) is 14.0 Å². The van der Waals surface area contributed by atoms with Crippen LogP contribution in [0, 0.1) is 5.82 Å². The van der Waals surface area contributed by atoms with E-state index >= 15 is 0 Å². The van der Waals surface area contributed by atoms with Crippen molar-refractivity contribution in [2.75, 3.05) is 52.9 Å². The van der Waals surface area contributed by atoms with Crippen LogP contribution in [0.1, 0.15) is 11.1 Å². The largest absolute Gasteiger partial charge is 0.497 e. The molecule has 0 unspecified atom stereocenters. The number of carbonyl (C=O) groups is 2. The Hall–Kier alpha value is -4.57. The standard InChI is InChI=1S/C31H35FN4O5/c1-39-17-16-36(31(38)34-28-13-12-25(40-2)18-29(28)41-3)21-30(37)35(20-22-8-10-24(32)11-9-22)15-14-23-19-33-27-7-5-4-6-26(23)27/h4-13,18-19,33H,14-17,20-21H2,1-3H3,(H,34,38). The highest BCUT2D eigenvalue weighted by molar-refractivity contribution is 5.93. The summed E-state index contributed by atoms with van der Waals surface area (Å²) in [6.07, 6.45) is 2.55. The lowest BCUT2D eigenvalue weighted by molar-refractivity contribution is -0.132. The molecule has 3 aromatic carbocycles. The molecule has 0 radical (unpaired) electrons. The molecule has 0 aliphatic carbocycles. The highest BCUT2D eigenvalue weighted by Crippen LogP contribution is 2.29. The number of aromatic nitrogens is 1. The van der Waals surface area contributed by atoms with Crippen LogP contribution in [0.3, 0.4) is 0 Å². The Kier molecular flexibility index (Phi) is 10.2. The Morgan fingerprint density at radius 2 is 1.71 bits per heavy atom. The first kappa shape index (κ1) is 29.4. The number of aromatic amines is 1. The minimum Gasteiger partial charge on any atom is -0.497 e. The summed E-state index contributed by atoms with van der Waals surface area (Å²) in [4.78, 5) is 33.4. The summed E-state index contributed by atoms with van der Waals surface area (Å²) in [6.45, 7) is 0.938. The van der Waals surface area contributed by atoms with Crippen molar-refractivity contribution in [2.45, 2.75) is 13.0 Å². The van der Waals surface area contributed by atoms with E-state index in [4.69, 9.17) is 14.2 Å². The van der Waals surface area contributed by atoms with Crippen LogP contribution in [0.2, 0.25) is 0 Å². The summed E-state index contributed by atoms with van der Waals surface area (Å²) in [6, 6.07) is 18.6. The first-order valence-corrected chi connectivity index (χ1v) is 13.3. The SMILES string of the molecule is COCCN(CC(=O)N(CCc1c[nH]c2ccccc12)Cc1ccc(F)cc1)C(=O)Nc1ccc(OC)cc1OC. The maximum Gasteiger partial charge on any atom is 0.322 e. The van der Waals surface area contributed by atoms with Crippen LogP contribution in [0.15, 0.2) is 72.9 Å². The van der Waals surface area contributed by atoms with E-state index in [2.05, 4.69) is 10.3 Å².